The summed E-state index contributed by atoms with van der Waals surface area (Å²) in [5.41, 5.74) is 19.6. The molecule has 0 aliphatic heterocycles. The van der Waals surface area contributed by atoms with Gasteiger partial charge < -0.3 is 0 Å². The molecule has 0 atom stereocenters. The molecule has 0 N–H and O–H groups in total. The van der Waals surface area contributed by atoms with Crippen LogP contribution in [-0.2, 0) is 6.42 Å². The number of hydrogen-bond donors (Lipinski definition) is 0. The molecule has 4 bridgehead atoms. The zero-order valence-corrected chi connectivity index (χ0v) is 36.1. The van der Waals surface area contributed by atoms with E-state index in [2.05, 4.69) is 158 Å². The third kappa shape index (κ3) is 5.23. The van der Waals surface area contributed by atoms with Crippen molar-refractivity contribution in [2.24, 2.45) is 0 Å². The molecule has 1 heteroatoms. The maximum atomic E-state index is 2.60. The molecule has 0 unspecified atom stereocenters. The maximum Gasteiger partial charge on any atom is 0.0356 e. The Balaban J connectivity index is 0.989. The number of rotatable bonds is 12. The largest absolute Gasteiger partial charge is 0.140 e. The molecule has 0 saturated heterocycles. The molecule has 298 valence electrons. The molecule has 6 aliphatic rings. The van der Waals surface area contributed by atoms with Crippen molar-refractivity contribution in [2.45, 2.75) is 101 Å². The van der Waals surface area contributed by atoms with Crippen LogP contribution in [-0.4, -0.2) is 0 Å². The SMILES string of the molecule is CCCCCCCCCCCCc1ccc(-c2c3c(c4ccc5cc6c(c7ccc2c4c57)C2c4ccccc4C6c4ccccc42)C2c4ccccc4C3c3ccccc32)s1. The topological polar surface area (TPSA) is 0 Å². The molecule has 61 heavy (non-hydrogen) atoms. The predicted octanol–water partition coefficient (Wildman–Crippen LogP) is 16.8. The summed E-state index contributed by atoms with van der Waals surface area (Å²) in [5.74, 6) is 0.936. The van der Waals surface area contributed by atoms with Crippen LogP contribution in [0.2, 0.25) is 0 Å². The first-order valence-corrected chi connectivity index (χ1v) is 24.4. The van der Waals surface area contributed by atoms with E-state index in [4.69, 9.17) is 0 Å². The minimum Gasteiger partial charge on any atom is -0.140 e. The molecule has 1 aromatic heterocycles. The average Bonchev–Trinajstić information content (AvgIpc) is 3.78. The van der Waals surface area contributed by atoms with E-state index in [1.165, 1.54) is 169 Å². The van der Waals surface area contributed by atoms with E-state index in [-0.39, 0.29) is 23.7 Å². The van der Waals surface area contributed by atoms with Gasteiger partial charge in [0.1, 0.15) is 0 Å². The molecule has 1 heterocycles. The fourth-order valence-corrected chi connectivity index (χ4v) is 14.2. The lowest BCUT2D eigenvalue weighted by Gasteiger charge is -2.45. The lowest BCUT2D eigenvalue weighted by Crippen LogP contribution is -2.28. The van der Waals surface area contributed by atoms with Crippen LogP contribution in [0.5, 0.6) is 0 Å². The third-order valence-electron chi connectivity index (χ3n) is 15.6. The van der Waals surface area contributed by atoms with Crippen molar-refractivity contribution >= 4 is 43.7 Å². The summed E-state index contributed by atoms with van der Waals surface area (Å²) in [6.45, 7) is 2.31. The smallest absolute Gasteiger partial charge is 0.0356 e. The highest BCUT2D eigenvalue weighted by atomic mass is 32.1. The van der Waals surface area contributed by atoms with Crippen molar-refractivity contribution in [2.75, 3.05) is 0 Å². The minimum atomic E-state index is 0.213. The number of hydrogen-bond acceptors (Lipinski definition) is 1. The fraction of sp³-hybridized carbons (Fsp3) is 0.267. The van der Waals surface area contributed by atoms with Gasteiger partial charge in [0, 0.05) is 39.0 Å². The van der Waals surface area contributed by atoms with Gasteiger partial charge in [-0.15, -0.1) is 11.3 Å². The van der Waals surface area contributed by atoms with Crippen molar-refractivity contribution in [3.63, 3.8) is 0 Å². The predicted molar refractivity (Wildman–Crippen MR) is 259 cm³/mol. The van der Waals surface area contributed by atoms with E-state index in [1.807, 2.05) is 0 Å². The van der Waals surface area contributed by atoms with E-state index in [1.54, 1.807) is 16.0 Å². The summed E-state index contributed by atoms with van der Waals surface area (Å²) in [5, 5.41) is 8.66. The molecular weight excluding hydrogens is 753 g/mol. The van der Waals surface area contributed by atoms with Crippen LogP contribution in [0.15, 0.2) is 140 Å². The second-order valence-corrected chi connectivity index (χ2v) is 19.9. The Morgan fingerprint density at radius 2 is 0.836 bits per heavy atom. The number of benzene rings is 8. The monoisotopic (exact) mass is 804 g/mol. The normalized spacial score (nSPS) is 18.6. The Labute approximate surface area is 364 Å². The van der Waals surface area contributed by atoms with Gasteiger partial charge in [0.15, 0.2) is 0 Å². The first-order valence-electron chi connectivity index (χ1n) is 23.6. The molecule has 0 saturated carbocycles. The highest BCUT2D eigenvalue weighted by Crippen LogP contribution is 2.63. The Kier molecular flexibility index (Phi) is 8.47. The summed E-state index contributed by atoms with van der Waals surface area (Å²) < 4.78 is 0. The lowest BCUT2D eigenvalue weighted by molar-refractivity contribution is 0.557. The molecule has 9 aromatic rings. The van der Waals surface area contributed by atoms with Gasteiger partial charge in [-0.2, -0.15) is 0 Å². The van der Waals surface area contributed by atoms with Gasteiger partial charge in [0.2, 0.25) is 0 Å². The van der Waals surface area contributed by atoms with E-state index in [0.717, 1.165) is 0 Å². The van der Waals surface area contributed by atoms with Gasteiger partial charge in [-0.1, -0.05) is 186 Å². The first kappa shape index (κ1) is 36.2. The van der Waals surface area contributed by atoms with Crippen LogP contribution in [0.4, 0.5) is 0 Å². The summed E-state index contributed by atoms with van der Waals surface area (Å²) in [6.07, 6.45) is 15.0. The van der Waals surface area contributed by atoms with Crippen LogP contribution >= 0.6 is 11.3 Å². The zero-order chi connectivity index (χ0) is 40.2. The van der Waals surface area contributed by atoms with Crippen molar-refractivity contribution in [1.82, 2.24) is 0 Å². The second kappa shape index (κ2) is 14.3. The minimum absolute atomic E-state index is 0.213. The molecule has 0 fully saturated rings. The van der Waals surface area contributed by atoms with Crippen molar-refractivity contribution in [1.29, 1.82) is 0 Å². The fourth-order valence-electron chi connectivity index (χ4n) is 13.1. The number of unbranched alkanes of at least 4 members (excludes halogenated alkanes) is 9. The Hall–Kier alpha value is -5.50. The second-order valence-electron chi connectivity index (χ2n) is 18.8. The summed E-state index contributed by atoms with van der Waals surface area (Å²) in [4.78, 5) is 2.99. The third-order valence-corrected chi connectivity index (χ3v) is 16.7. The van der Waals surface area contributed by atoms with E-state index >= 15 is 0 Å². The van der Waals surface area contributed by atoms with Gasteiger partial charge in [-0.3, -0.25) is 0 Å². The summed E-state index contributed by atoms with van der Waals surface area (Å²) in [7, 11) is 0. The van der Waals surface area contributed by atoms with Crippen LogP contribution in [0.1, 0.15) is 166 Å². The molecule has 8 aromatic carbocycles. The zero-order valence-electron chi connectivity index (χ0n) is 35.3. The van der Waals surface area contributed by atoms with Gasteiger partial charge in [0.05, 0.1) is 0 Å². The standard InChI is InChI=1S/C60H52S/c1-2-3-4-5-6-7-8-9-10-11-20-37-30-34-50(61-37)58-47-33-32-46-51-36(35-49-52-38-21-12-14-23-40(38)53(57(46)49)41-24-15-13-22-39(41)52)29-31-48(56(47)51)59-54-42-25-16-18-27-44(42)55(60(58)59)45-28-19-17-26-43(45)54/h12-19,21-35,52-55H,2-11,20H2,1H3. The van der Waals surface area contributed by atoms with Gasteiger partial charge in [-0.05, 0) is 130 Å². The highest BCUT2D eigenvalue weighted by molar-refractivity contribution is 7.15. The Morgan fingerprint density at radius 3 is 1.41 bits per heavy atom. The molecule has 0 amide bonds. The number of thiophene rings is 1. The average molecular weight is 805 g/mol. The molecule has 0 nitrogen and oxygen atoms in total. The summed E-state index contributed by atoms with van der Waals surface area (Å²) in [6, 6.07) is 55.1. The quantitative estimate of drug-likeness (QED) is 0.0852. The molecule has 0 spiro atoms. The van der Waals surface area contributed by atoms with E-state index in [9.17, 15) is 0 Å². The van der Waals surface area contributed by atoms with Crippen molar-refractivity contribution < 1.29 is 0 Å². The van der Waals surface area contributed by atoms with Gasteiger partial charge >= 0.3 is 0 Å². The van der Waals surface area contributed by atoms with Crippen LogP contribution < -0.4 is 0 Å². The molecule has 15 rings (SSSR count). The van der Waals surface area contributed by atoms with Crippen molar-refractivity contribution in [3.05, 3.63) is 211 Å². The van der Waals surface area contributed by atoms with Gasteiger partial charge in [0.25, 0.3) is 0 Å². The molecule has 6 aliphatic carbocycles. The highest BCUT2D eigenvalue weighted by Gasteiger charge is 2.46. The van der Waals surface area contributed by atoms with Crippen LogP contribution in [0, 0.1) is 0 Å². The maximum absolute atomic E-state index is 2.60. The number of aryl methyl sites for hydroxylation is 1. The molecule has 0 radical (unpaired) electrons. The van der Waals surface area contributed by atoms with Crippen LogP contribution in [0.3, 0.4) is 0 Å². The first-order chi connectivity index (χ1) is 30.3. The van der Waals surface area contributed by atoms with Crippen LogP contribution in [0.25, 0.3) is 42.8 Å². The summed E-state index contributed by atoms with van der Waals surface area (Å²) >= 11 is 2.08. The Bertz CT molecular complexity index is 3080. The van der Waals surface area contributed by atoms with E-state index in [0.29, 0.717) is 0 Å². The molecular formula is C60H52S. The van der Waals surface area contributed by atoms with Crippen molar-refractivity contribution in [3.8, 4) is 10.4 Å². The lowest BCUT2D eigenvalue weighted by atomic mass is 9.58. The van der Waals surface area contributed by atoms with E-state index < -0.39 is 0 Å². The van der Waals surface area contributed by atoms with Gasteiger partial charge in [-0.25, -0.2) is 0 Å². The Morgan fingerprint density at radius 1 is 0.377 bits per heavy atom.